The van der Waals surface area contributed by atoms with Gasteiger partial charge in [0.25, 0.3) is 5.91 Å². The first-order valence-electron chi connectivity index (χ1n) is 5.86. The van der Waals surface area contributed by atoms with Crippen LogP contribution in [0.5, 0.6) is 0 Å². The summed E-state index contributed by atoms with van der Waals surface area (Å²) in [6.45, 7) is 1.90. The molecule has 1 aromatic carbocycles. The van der Waals surface area contributed by atoms with Gasteiger partial charge < -0.3 is 15.0 Å². The lowest BCUT2D eigenvalue weighted by Crippen LogP contribution is -2.16. The zero-order valence-corrected chi connectivity index (χ0v) is 12.6. The molecule has 2 rings (SSSR count). The minimum absolute atomic E-state index is 0.109. The van der Waals surface area contributed by atoms with Crippen LogP contribution in [0.3, 0.4) is 0 Å². The van der Waals surface area contributed by atoms with Gasteiger partial charge in [-0.3, -0.25) is 4.79 Å². The second-order valence-electron chi connectivity index (χ2n) is 4.41. The van der Waals surface area contributed by atoms with E-state index in [0.717, 1.165) is 5.69 Å². The molecule has 0 bridgehead atoms. The molecule has 1 aromatic heterocycles. The number of anilines is 1. The van der Waals surface area contributed by atoms with Gasteiger partial charge in [0.2, 0.25) is 0 Å². The summed E-state index contributed by atoms with van der Waals surface area (Å²) in [6, 6.07) is 8.12. The molecule has 0 atom stereocenters. The van der Waals surface area contributed by atoms with Gasteiger partial charge in [-0.25, -0.2) is 4.79 Å². The Kier molecular flexibility index (Phi) is 3.94. The summed E-state index contributed by atoms with van der Waals surface area (Å²) >= 11 is 3.23. The van der Waals surface area contributed by atoms with Gasteiger partial charge in [0.15, 0.2) is 0 Å². The minimum atomic E-state index is -1.04. The van der Waals surface area contributed by atoms with E-state index in [1.54, 1.807) is 23.7 Å². The van der Waals surface area contributed by atoms with Crippen LogP contribution >= 0.6 is 15.9 Å². The van der Waals surface area contributed by atoms with E-state index in [0.29, 0.717) is 15.9 Å². The molecule has 0 saturated heterocycles. The zero-order chi connectivity index (χ0) is 14.9. The molecule has 5 nitrogen and oxygen atoms in total. The third kappa shape index (κ3) is 2.91. The molecule has 0 aliphatic carbocycles. The van der Waals surface area contributed by atoms with Crippen LogP contribution in [0.2, 0.25) is 0 Å². The summed E-state index contributed by atoms with van der Waals surface area (Å²) < 4.78 is 2.36. The molecular weight excluding hydrogens is 324 g/mol. The van der Waals surface area contributed by atoms with Crippen molar-refractivity contribution in [2.45, 2.75) is 6.92 Å². The summed E-state index contributed by atoms with van der Waals surface area (Å²) in [5.74, 6) is -1.33. The Hall–Kier alpha value is -2.08. The summed E-state index contributed by atoms with van der Waals surface area (Å²) in [6.07, 6.45) is 0. The van der Waals surface area contributed by atoms with Gasteiger partial charge in [-0.2, -0.15) is 0 Å². The van der Waals surface area contributed by atoms with Gasteiger partial charge in [0.1, 0.15) is 5.69 Å². The van der Waals surface area contributed by atoms with Crippen molar-refractivity contribution in [3.05, 3.63) is 51.8 Å². The molecule has 0 fully saturated rings. The van der Waals surface area contributed by atoms with Gasteiger partial charge >= 0.3 is 5.97 Å². The number of carboxylic acids is 1. The summed E-state index contributed by atoms with van der Waals surface area (Å²) in [5, 5.41) is 11.7. The second kappa shape index (κ2) is 5.50. The number of nitrogens with one attached hydrogen (secondary N) is 1. The molecule has 104 valence electrons. The maximum absolute atomic E-state index is 12.1. The molecule has 0 unspecified atom stereocenters. The number of rotatable bonds is 3. The van der Waals surface area contributed by atoms with Crippen molar-refractivity contribution in [2.24, 2.45) is 7.05 Å². The van der Waals surface area contributed by atoms with Crippen LogP contribution in [-0.4, -0.2) is 21.6 Å². The molecule has 0 aliphatic heterocycles. The number of aromatic carboxylic acids is 1. The van der Waals surface area contributed by atoms with Gasteiger partial charge in [-0.15, -0.1) is 0 Å². The fourth-order valence-corrected chi connectivity index (χ4v) is 2.31. The Morgan fingerprint density at radius 3 is 2.50 bits per heavy atom. The van der Waals surface area contributed by atoms with Crippen molar-refractivity contribution in [1.29, 1.82) is 0 Å². The third-order valence-electron chi connectivity index (χ3n) is 3.01. The van der Waals surface area contributed by atoms with E-state index in [4.69, 9.17) is 5.11 Å². The van der Waals surface area contributed by atoms with Gasteiger partial charge in [0, 0.05) is 22.9 Å². The fourth-order valence-electron chi connectivity index (χ4n) is 1.82. The first-order chi connectivity index (χ1) is 9.38. The van der Waals surface area contributed by atoms with E-state index in [9.17, 15) is 9.59 Å². The summed E-state index contributed by atoms with van der Waals surface area (Å²) in [7, 11) is 1.80. The first kappa shape index (κ1) is 14.3. The lowest BCUT2D eigenvalue weighted by atomic mass is 10.2. The smallest absolute Gasteiger partial charge is 0.335 e. The number of carboxylic acid groups (broad SMARTS) is 1. The van der Waals surface area contributed by atoms with Gasteiger partial charge in [-0.05, 0) is 37.3 Å². The number of carbonyl (C=O) groups excluding carboxylic acids is 1. The number of carbonyl (C=O) groups is 2. The number of hydrogen-bond donors (Lipinski definition) is 2. The van der Waals surface area contributed by atoms with E-state index in [1.807, 2.05) is 13.0 Å². The summed E-state index contributed by atoms with van der Waals surface area (Å²) in [4.78, 5) is 23.1. The molecule has 1 heterocycles. The van der Waals surface area contributed by atoms with Crippen LogP contribution in [-0.2, 0) is 7.05 Å². The molecular formula is C14H13BrN2O3. The maximum Gasteiger partial charge on any atom is 0.335 e. The first-order valence-corrected chi connectivity index (χ1v) is 6.65. The topological polar surface area (TPSA) is 71.3 Å². The highest BCUT2D eigenvalue weighted by Crippen LogP contribution is 2.20. The van der Waals surface area contributed by atoms with E-state index in [1.165, 1.54) is 12.1 Å². The Labute approximate surface area is 124 Å². The average Bonchev–Trinajstić information content (AvgIpc) is 2.69. The van der Waals surface area contributed by atoms with Crippen molar-refractivity contribution in [3.63, 3.8) is 0 Å². The van der Waals surface area contributed by atoms with Gasteiger partial charge in [-0.1, -0.05) is 15.9 Å². The summed E-state index contributed by atoms with van der Waals surface area (Å²) in [5.41, 5.74) is 2.02. The van der Waals surface area contributed by atoms with E-state index in [2.05, 4.69) is 21.2 Å². The SMILES string of the molecule is Cc1ccc(C(=O)Nc2cc(Br)cc(C(=O)O)c2)n1C. The number of aryl methyl sites for hydroxylation is 1. The minimum Gasteiger partial charge on any atom is -0.478 e. The number of aromatic nitrogens is 1. The molecule has 0 aliphatic rings. The van der Waals surface area contributed by atoms with Crippen LogP contribution in [0.1, 0.15) is 26.5 Å². The van der Waals surface area contributed by atoms with E-state index >= 15 is 0 Å². The number of nitrogens with zero attached hydrogens (tertiary/aromatic N) is 1. The third-order valence-corrected chi connectivity index (χ3v) is 3.47. The zero-order valence-electron chi connectivity index (χ0n) is 11.0. The second-order valence-corrected chi connectivity index (χ2v) is 5.32. The highest BCUT2D eigenvalue weighted by atomic mass is 79.9. The quantitative estimate of drug-likeness (QED) is 0.904. The molecule has 2 N–H and O–H groups in total. The van der Waals surface area contributed by atoms with E-state index < -0.39 is 5.97 Å². The Morgan fingerprint density at radius 2 is 1.95 bits per heavy atom. The fraction of sp³-hybridized carbons (Fsp3) is 0.143. The Bertz CT molecular complexity index is 692. The number of benzene rings is 1. The van der Waals surface area contributed by atoms with Crippen LogP contribution < -0.4 is 5.32 Å². The van der Waals surface area contributed by atoms with Crippen LogP contribution in [0.25, 0.3) is 0 Å². The van der Waals surface area contributed by atoms with Crippen LogP contribution in [0.4, 0.5) is 5.69 Å². The standard InChI is InChI=1S/C14H13BrN2O3/c1-8-3-4-12(17(8)2)13(18)16-11-6-9(14(19)20)5-10(15)7-11/h3-7H,1-2H3,(H,16,18)(H,19,20). The van der Waals surface area contributed by atoms with Crippen molar-refractivity contribution in [1.82, 2.24) is 4.57 Å². The molecule has 6 heteroatoms. The average molecular weight is 337 g/mol. The highest BCUT2D eigenvalue weighted by Gasteiger charge is 2.13. The number of amides is 1. The lowest BCUT2D eigenvalue weighted by molar-refractivity contribution is 0.0696. The number of hydrogen-bond acceptors (Lipinski definition) is 2. The van der Waals surface area contributed by atoms with E-state index in [-0.39, 0.29) is 11.5 Å². The predicted molar refractivity (Wildman–Crippen MR) is 79.2 cm³/mol. The van der Waals surface area contributed by atoms with Crippen LogP contribution in [0.15, 0.2) is 34.8 Å². The highest BCUT2D eigenvalue weighted by molar-refractivity contribution is 9.10. The number of halogens is 1. The lowest BCUT2D eigenvalue weighted by Gasteiger charge is -2.08. The van der Waals surface area contributed by atoms with Crippen molar-refractivity contribution < 1.29 is 14.7 Å². The largest absolute Gasteiger partial charge is 0.478 e. The molecule has 0 saturated carbocycles. The van der Waals surface area contributed by atoms with Crippen molar-refractivity contribution in [3.8, 4) is 0 Å². The Morgan fingerprint density at radius 1 is 1.25 bits per heavy atom. The maximum atomic E-state index is 12.1. The molecule has 0 spiro atoms. The molecule has 2 aromatic rings. The van der Waals surface area contributed by atoms with Gasteiger partial charge in [0.05, 0.1) is 5.56 Å². The Balaban J connectivity index is 2.28. The normalized spacial score (nSPS) is 10.3. The monoisotopic (exact) mass is 336 g/mol. The molecule has 1 amide bonds. The van der Waals surface area contributed by atoms with Crippen molar-refractivity contribution in [2.75, 3.05) is 5.32 Å². The van der Waals surface area contributed by atoms with Crippen molar-refractivity contribution >= 4 is 33.5 Å². The predicted octanol–water partition coefficient (Wildman–Crippen LogP) is 3.05. The molecule has 0 radical (unpaired) electrons. The molecule has 20 heavy (non-hydrogen) atoms. The van der Waals surface area contributed by atoms with Crippen LogP contribution in [0, 0.1) is 6.92 Å².